The Morgan fingerprint density at radius 1 is 1.21 bits per heavy atom. The molecule has 2 rings (SSSR count). The van der Waals surface area contributed by atoms with E-state index in [4.69, 9.17) is 5.73 Å². The van der Waals surface area contributed by atoms with Crippen LogP contribution in [-0.2, 0) is 9.84 Å². The van der Waals surface area contributed by atoms with Gasteiger partial charge in [-0.15, -0.1) is 0 Å². The second kappa shape index (κ2) is 6.58. The summed E-state index contributed by atoms with van der Waals surface area (Å²) in [6, 6.07) is 0.150. The van der Waals surface area contributed by atoms with E-state index in [1.807, 2.05) is 23.5 Å². The van der Waals surface area contributed by atoms with E-state index >= 15 is 0 Å². The SMILES string of the molecule is CC1SCCSC1C(N)C1CCCC(S(C)(=O)=O)C1. The zero-order valence-corrected chi connectivity index (χ0v) is 14.2. The fraction of sp³-hybridized carbons (Fsp3) is 1.00. The molecule has 1 saturated carbocycles. The van der Waals surface area contributed by atoms with Gasteiger partial charge in [0, 0.05) is 34.3 Å². The van der Waals surface area contributed by atoms with Gasteiger partial charge in [-0.3, -0.25) is 0 Å². The van der Waals surface area contributed by atoms with E-state index in [9.17, 15) is 8.42 Å². The zero-order chi connectivity index (χ0) is 14.0. The molecule has 0 aromatic heterocycles. The van der Waals surface area contributed by atoms with Crippen LogP contribution in [0.1, 0.15) is 32.6 Å². The summed E-state index contributed by atoms with van der Waals surface area (Å²) in [5.74, 6) is 2.77. The molecule has 2 fully saturated rings. The fourth-order valence-corrected chi connectivity index (χ4v) is 7.42. The van der Waals surface area contributed by atoms with Crippen LogP contribution in [0.25, 0.3) is 0 Å². The molecule has 0 aromatic rings. The maximum Gasteiger partial charge on any atom is 0.150 e. The van der Waals surface area contributed by atoms with Gasteiger partial charge in [-0.25, -0.2) is 8.42 Å². The van der Waals surface area contributed by atoms with Crippen molar-refractivity contribution in [2.24, 2.45) is 11.7 Å². The Morgan fingerprint density at radius 3 is 2.53 bits per heavy atom. The minimum Gasteiger partial charge on any atom is -0.326 e. The number of hydrogen-bond donors (Lipinski definition) is 1. The summed E-state index contributed by atoms with van der Waals surface area (Å²) in [7, 11) is -2.90. The lowest BCUT2D eigenvalue weighted by atomic mass is 9.82. The molecular weight excluding hydrogens is 298 g/mol. The van der Waals surface area contributed by atoms with E-state index in [1.165, 1.54) is 17.8 Å². The molecule has 1 aliphatic heterocycles. The summed E-state index contributed by atoms with van der Waals surface area (Å²) in [6.45, 7) is 2.26. The zero-order valence-electron chi connectivity index (χ0n) is 11.7. The van der Waals surface area contributed by atoms with E-state index in [1.54, 1.807) is 0 Å². The molecule has 0 radical (unpaired) electrons. The van der Waals surface area contributed by atoms with Crippen molar-refractivity contribution in [1.29, 1.82) is 0 Å². The third-order valence-electron chi connectivity index (χ3n) is 4.43. The lowest BCUT2D eigenvalue weighted by molar-refractivity contribution is 0.300. The van der Waals surface area contributed by atoms with Gasteiger partial charge in [0.2, 0.25) is 0 Å². The summed E-state index contributed by atoms with van der Waals surface area (Å²) >= 11 is 3.99. The number of rotatable bonds is 3. The summed E-state index contributed by atoms with van der Waals surface area (Å²) in [6.07, 6.45) is 5.08. The highest BCUT2D eigenvalue weighted by Gasteiger charge is 2.37. The van der Waals surface area contributed by atoms with Gasteiger partial charge < -0.3 is 5.73 Å². The van der Waals surface area contributed by atoms with E-state index in [-0.39, 0.29) is 11.3 Å². The molecule has 5 unspecified atom stereocenters. The first kappa shape index (κ1) is 16.0. The topological polar surface area (TPSA) is 60.2 Å². The van der Waals surface area contributed by atoms with Gasteiger partial charge in [0.15, 0.2) is 0 Å². The molecule has 2 N–H and O–H groups in total. The van der Waals surface area contributed by atoms with Gasteiger partial charge in [-0.2, -0.15) is 23.5 Å². The minimum atomic E-state index is -2.90. The van der Waals surface area contributed by atoms with E-state index in [0.717, 1.165) is 25.7 Å². The van der Waals surface area contributed by atoms with Crippen LogP contribution in [-0.4, -0.2) is 48.0 Å². The van der Waals surface area contributed by atoms with Crippen LogP contribution in [0.5, 0.6) is 0 Å². The molecule has 0 amide bonds. The van der Waals surface area contributed by atoms with Crippen molar-refractivity contribution in [2.75, 3.05) is 17.8 Å². The van der Waals surface area contributed by atoms with E-state index in [2.05, 4.69) is 6.92 Å². The lowest BCUT2D eigenvalue weighted by Gasteiger charge is -2.39. The average molecular weight is 324 g/mol. The Morgan fingerprint density at radius 2 is 1.89 bits per heavy atom. The number of nitrogens with two attached hydrogens (primary N) is 1. The van der Waals surface area contributed by atoms with Crippen molar-refractivity contribution in [3.63, 3.8) is 0 Å². The third kappa shape index (κ3) is 4.05. The first-order chi connectivity index (χ1) is 8.89. The highest BCUT2D eigenvalue weighted by atomic mass is 32.2. The average Bonchev–Trinajstić information content (AvgIpc) is 2.38. The van der Waals surface area contributed by atoms with Crippen LogP contribution in [0.3, 0.4) is 0 Å². The van der Waals surface area contributed by atoms with Crippen molar-refractivity contribution < 1.29 is 8.42 Å². The Labute approximate surface area is 125 Å². The fourth-order valence-electron chi connectivity index (χ4n) is 3.26. The molecule has 112 valence electrons. The first-order valence-corrected chi connectivity index (χ1v) is 11.1. The predicted molar refractivity (Wildman–Crippen MR) is 86.7 cm³/mol. The van der Waals surface area contributed by atoms with Gasteiger partial charge in [-0.1, -0.05) is 13.3 Å². The summed E-state index contributed by atoms with van der Waals surface area (Å²) in [4.78, 5) is 0. The van der Waals surface area contributed by atoms with E-state index in [0.29, 0.717) is 16.4 Å². The van der Waals surface area contributed by atoms with Crippen LogP contribution in [0.15, 0.2) is 0 Å². The Bertz CT molecular complexity index is 399. The Kier molecular flexibility index (Phi) is 5.54. The summed E-state index contributed by atoms with van der Waals surface area (Å²) in [5.41, 5.74) is 6.49. The van der Waals surface area contributed by atoms with Crippen LogP contribution in [0, 0.1) is 5.92 Å². The van der Waals surface area contributed by atoms with Crippen LogP contribution in [0.4, 0.5) is 0 Å². The molecule has 0 bridgehead atoms. The molecule has 2 aliphatic rings. The van der Waals surface area contributed by atoms with Gasteiger partial charge in [0.1, 0.15) is 9.84 Å². The molecule has 5 atom stereocenters. The molecule has 0 spiro atoms. The van der Waals surface area contributed by atoms with Crippen molar-refractivity contribution in [3.8, 4) is 0 Å². The van der Waals surface area contributed by atoms with E-state index < -0.39 is 9.84 Å². The Hall–Kier alpha value is 0.610. The molecule has 0 aromatic carbocycles. The largest absolute Gasteiger partial charge is 0.326 e. The molecule has 6 heteroatoms. The normalized spacial score (nSPS) is 38.9. The van der Waals surface area contributed by atoms with Crippen molar-refractivity contribution >= 4 is 33.4 Å². The molecule has 3 nitrogen and oxygen atoms in total. The van der Waals surface area contributed by atoms with Crippen molar-refractivity contribution in [1.82, 2.24) is 0 Å². The van der Waals surface area contributed by atoms with Gasteiger partial charge in [0.05, 0.1) is 5.25 Å². The predicted octanol–water partition coefficient (Wildman–Crippen LogP) is 2.15. The number of thioether (sulfide) groups is 2. The second-order valence-corrected chi connectivity index (χ2v) is 11.0. The van der Waals surface area contributed by atoms with Crippen LogP contribution in [0.2, 0.25) is 0 Å². The highest BCUT2D eigenvalue weighted by molar-refractivity contribution is 8.07. The second-order valence-electron chi connectivity index (χ2n) is 5.87. The molecule has 19 heavy (non-hydrogen) atoms. The maximum atomic E-state index is 11.7. The van der Waals surface area contributed by atoms with Gasteiger partial charge in [-0.05, 0) is 25.2 Å². The maximum absolute atomic E-state index is 11.7. The molecule has 1 heterocycles. The minimum absolute atomic E-state index is 0.150. The number of hydrogen-bond acceptors (Lipinski definition) is 5. The first-order valence-electron chi connectivity index (χ1n) is 7.07. The lowest BCUT2D eigenvalue weighted by Crippen LogP contribution is -2.48. The highest BCUT2D eigenvalue weighted by Crippen LogP contribution is 2.38. The van der Waals surface area contributed by atoms with Crippen LogP contribution >= 0.6 is 23.5 Å². The summed E-state index contributed by atoms with van der Waals surface area (Å²) in [5, 5.41) is 0.920. The van der Waals surface area contributed by atoms with Crippen LogP contribution < -0.4 is 5.73 Å². The Balaban J connectivity index is 2.00. The summed E-state index contributed by atoms with van der Waals surface area (Å²) < 4.78 is 23.5. The third-order valence-corrected chi connectivity index (χ3v) is 9.31. The van der Waals surface area contributed by atoms with Crippen molar-refractivity contribution in [2.45, 2.75) is 54.4 Å². The van der Waals surface area contributed by atoms with Gasteiger partial charge in [0.25, 0.3) is 0 Å². The van der Waals surface area contributed by atoms with Gasteiger partial charge >= 0.3 is 0 Å². The quantitative estimate of drug-likeness (QED) is 0.862. The molecule has 1 aliphatic carbocycles. The monoisotopic (exact) mass is 323 g/mol. The smallest absolute Gasteiger partial charge is 0.150 e. The molecular formula is C13H25NO2S3. The molecule has 1 saturated heterocycles. The van der Waals surface area contributed by atoms with Crippen molar-refractivity contribution in [3.05, 3.63) is 0 Å². The number of sulfone groups is 1. The standard InChI is InChI=1S/C13H25NO2S3/c1-9-13(18-7-6-17-9)12(14)10-4-3-5-11(8-10)19(2,15)16/h9-13H,3-8,14H2,1-2H3.